The summed E-state index contributed by atoms with van der Waals surface area (Å²) >= 11 is 0. The van der Waals surface area contributed by atoms with Crippen molar-refractivity contribution in [2.24, 2.45) is 0 Å². The number of para-hydroxylation sites is 2. The topological polar surface area (TPSA) is 116 Å². The number of benzene rings is 1. The van der Waals surface area contributed by atoms with E-state index in [4.69, 9.17) is 9.47 Å². The Bertz CT molecular complexity index is 1140. The standard InChI is InChI=1S/C23H24N4O5/c1-6-31-22(29)19-13(2)20(25-14(19)3)23(30)32-12-18(28)15(11-24)21-26(4)16-9-7-8-10-17(16)27(21)5/h7-10,25H,6,12H2,1-5H3. The predicted octanol–water partition coefficient (Wildman–Crippen LogP) is 2.86. The zero-order chi connectivity index (χ0) is 23.6. The number of aromatic amines is 1. The van der Waals surface area contributed by atoms with Gasteiger partial charge in [0.05, 0.1) is 23.5 Å². The van der Waals surface area contributed by atoms with Gasteiger partial charge in [-0.1, -0.05) is 12.1 Å². The summed E-state index contributed by atoms with van der Waals surface area (Å²) in [4.78, 5) is 43.8. The van der Waals surface area contributed by atoms with Crippen molar-refractivity contribution >= 4 is 29.1 Å². The van der Waals surface area contributed by atoms with Crippen LogP contribution in [0, 0.1) is 25.2 Å². The van der Waals surface area contributed by atoms with Crippen molar-refractivity contribution < 1.29 is 23.9 Å². The summed E-state index contributed by atoms with van der Waals surface area (Å²) < 4.78 is 10.2. The maximum Gasteiger partial charge on any atom is 0.355 e. The van der Waals surface area contributed by atoms with Gasteiger partial charge in [-0.25, -0.2) is 9.59 Å². The molecule has 0 unspecified atom stereocenters. The number of fused-ring (bicyclic) bond motifs is 1. The number of aromatic nitrogens is 1. The molecule has 1 N–H and O–H groups in total. The molecule has 0 saturated heterocycles. The Hall–Kier alpha value is -4.06. The van der Waals surface area contributed by atoms with Crippen LogP contribution in [0.3, 0.4) is 0 Å². The first-order valence-corrected chi connectivity index (χ1v) is 10.00. The molecule has 1 aliphatic rings. The van der Waals surface area contributed by atoms with Crippen molar-refractivity contribution in [1.82, 2.24) is 4.98 Å². The third kappa shape index (κ3) is 3.83. The van der Waals surface area contributed by atoms with Crippen molar-refractivity contribution in [3.05, 3.63) is 58.2 Å². The van der Waals surface area contributed by atoms with Crippen molar-refractivity contribution in [2.75, 3.05) is 37.1 Å². The smallest absolute Gasteiger partial charge is 0.355 e. The Morgan fingerprint density at radius 2 is 1.62 bits per heavy atom. The summed E-state index contributed by atoms with van der Waals surface area (Å²) in [7, 11) is 3.52. The average Bonchev–Trinajstić information content (AvgIpc) is 3.21. The molecule has 0 fully saturated rings. The number of esters is 2. The van der Waals surface area contributed by atoms with Crippen molar-refractivity contribution in [3.63, 3.8) is 0 Å². The van der Waals surface area contributed by atoms with Crippen LogP contribution in [0.5, 0.6) is 0 Å². The SMILES string of the molecule is CCOC(=O)c1c(C)[nH]c(C(=O)OCC(=O)C(C#N)=C2N(C)c3ccccc3N2C)c1C. The molecule has 166 valence electrons. The Kier molecular flexibility index (Phi) is 6.35. The Morgan fingerprint density at radius 1 is 1.03 bits per heavy atom. The fourth-order valence-corrected chi connectivity index (χ4v) is 3.80. The van der Waals surface area contributed by atoms with Crippen LogP contribution in [0.25, 0.3) is 0 Å². The van der Waals surface area contributed by atoms with E-state index in [1.165, 1.54) is 0 Å². The van der Waals surface area contributed by atoms with Crippen molar-refractivity contribution in [2.45, 2.75) is 20.8 Å². The van der Waals surface area contributed by atoms with Gasteiger partial charge in [0.1, 0.15) is 23.2 Å². The monoisotopic (exact) mass is 436 g/mol. The van der Waals surface area contributed by atoms with Crippen LogP contribution in [0.1, 0.15) is 39.0 Å². The van der Waals surface area contributed by atoms with Gasteiger partial charge in [0.15, 0.2) is 6.61 Å². The summed E-state index contributed by atoms with van der Waals surface area (Å²) in [6, 6.07) is 9.45. The molecule has 0 bridgehead atoms. The van der Waals surface area contributed by atoms with Gasteiger partial charge in [-0.2, -0.15) is 5.26 Å². The summed E-state index contributed by atoms with van der Waals surface area (Å²) in [5, 5.41) is 9.67. The van der Waals surface area contributed by atoms with Crippen LogP contribution >= 0.6 is 0 Å². The highest BCUT2D eigenvalue weighted by molar-refractivity contribution is 6.05. The molecule has 2 aromatic rings. The zero-order valence-corrected chi connectivity index (χ0v) is 18.6. The zero-order valence-electron chi connectivity index (χ0n) is 18.6. The van der Waals surface area contributed by atoms with Gasteiger partial charge in [-0.05, 0) is 38.5 Å². The number of carbonyl (C=O) groups excluding carboxylic acids is 3. The molecule has 0 saturated carbocycles. The van der Waals surface area contributed by atoms with Gasteiger partial charge in [-0.3, -0.25) is 4.79 Å². The van der Waals surface area contributed by atoms with Gasteiger partial charge in [0.2, 0.25) is 5.78 Å². The van der Waals surface area contributed by atoms with E-state index in [0.717, 1.165) is 11.4 Å². The normalized spacial score (nSPS) is 12.3. The second-order valence-electron chi connectivity index (χ2n) is 7.26. The van der Waals surface area contributed by atoms with Crippen LogP contribution in [-0.4, -0.2) is 50.0 Å². The molecule has 0 radical (unpaired) electrons. The number of rotatable bonds is 6. The van der Waals surface area contributed by atoms with Crippen LogP contribution in [0.4, 0.5) is 11.4 Å². The lowest BCUT2D eigenvalue weighted by atomic mass is 10.1. The Balaban J connectivity index is 1.79. The summed E-state index contributed by atoms with van der Waals surface area (Å²) in [6.45, 7) is 4.51. The highest BCUT2D eigenvalue weighted by Gasteiger charge is 2.32. The molecule has 1 aromatic heterocycles. The lowest BCUT2D eigenvalue weighted by Crippen LogP contribution is -2.28. The number of anilines is 2. The van der Waals surface area contributed by atoms with Gasteiger partial charge in [0.25, 0.3) is 0 Å². The van der Waals surface area contributed by atoms with E-state index < -0.39 is 24.3 Å². The average molecular weight is 436 g/mol. The lowest BCUT2D eigenvalue weighted by Gasteiger charge is -2.19. The minimum Gasteiger partial charge on any atom is -0.462 e. The van der Waals surface area contributed by atoms with Crippen LogP contribution in [0.15, 0.2) is 35.7 Å². The van der Waals surface area contributed by atoms with E-state index in [1.807, 2.05) is 30.3 Å². The van der Waals surface area contributed by atoms with Gasteiger partial charge in [-0.15, -0.1) is 0 Å². The number of hydrogen-bond donors (Lipinski definition) is 1. The molecule has 3 rings (SSSR count). The Morgan fingerprint density at radius 3 is 2.16 bits per heavy atom. The first kappa shape index (κ1) is 22.6. The molecule has 32 heavy (non-hydrogen) atoms. The first-order valence-electron chi connectivity index (χ1n) is 10.00. The number of Topliss-reactive ketones (excluding diaryl/α,β-unsaturated/α-hetero) is 1. The van der Waals surface area contributed by atoms with E-state index in [9.17, 15) is 19.6 Å². The lowest BCUT2D eigenvalue weighted by molar-refractivity contribution is -0.118. The first-order chi connectivity index (χ1) is 15.2. The number of nitrogens with zero attached hydrogens (tertiary/aromatic N) is 3. The van der Waals surface area contributed by atoms with E-state index in [-0.39, 0.29) is 23.4 Å². The molecule has 9 nitrogen and oxygen atoms in total. The number of hydrogen-bond acceptors (Lipinski definition) is 8. The molecular formula is C23H24N4O5. The summed E-state index contributed by atoms with van der Waals surface area (Å²) in [6.07, 6.45) is 0. The Labute approximate surface area is 185 Å². The van der Waals surface area contributed by atoms with Crippen LogP contribution in [0.2, 0.25) is 0 Å². The van der Waals surface area contributed by atoms with Crippen molar-refractivity contribution in [3.8, 4) is 6.07 Å². The second-order valence-corrected chi connectivity index (χ2v) is 7.26. The fourth-order valence-electron chi connectivity index (χ4n) is 3.80. The molecule has 0 amide bonds. The molecule has 1 aliphatic heterocycles. The van der Waals surface area contributed by atoms with E-state index in [1.54, 1.807) is 44.7 Å². The molecule has 2 heterocycles. The van der Waals surface area contributed by atoms with Crippen molar-refractivity contribution in [1.29, 1.82) is 5.26 Å². The minimum atomic E-state index is -0.798. The molecule has 9 heteroatoms. The largest absolute Gasteiger partial charge is 0.462 e. The molecule has 1 aromatic carbocycles. The molecular weight excluding hydrogens is 412 g/mol. The maximum absolute atomic E-state index is 12.8. The molecule has 0 aliphatic carbocycles. The second kappa shape index (κ2) is 8.98. The van der Waals surface area contributed by atoms with E-state index in [2.05, 4.69) is 4.98 Å². The van der Waals surface area contributed by atoms with Crippen LogP contribution in [-0.2, 0) is 14.3 Å². The number of ketones is 1. The molecule has 0 atom stereocenters. The van der Waals surface area contributed by atoms with Gasteiger partial charge >= 0.3 is 11.9 Å². The number of aryl methyl sites for hydroxylation is 1. The van der Waals surface area contributed by atoms with Gasteiger partial charge in [0, 0.05) is 19.8 Å². The molecule has 0 spiro atoms. The third-order valence-electron chi connectivity index (χ3n) is 5.31. The number of nitriles is 1. The number of carbonyl (C=O) groups is 3. The summed E-state index contributed by atoms with van der Waals surface area (Å²) in [5.74, 6) is -1.56. The van der Waals surface area contributed by atoms with Crippen LogP contribution < -0.4 is 9.80 Å². The predicted molar refractivity (Wildman–Crippen MR) is 117 cm³/mol. The number of H-pyrrole nitrogens is 1. The van der Waals surface area contributed by atoms with E-state index >= 15 is 0 Å². The fraction of sp³-hybridized carbons (Fsp3) is 0.304. The highest BCUT2D eigenvalue weighted by Crippen LogP contribution is 2.40. The quantitative estimate of drug-likeness (QED) is 0.418. The van der Waals surface area contributed by atoms with Gasteiger partial charge < -0.3 is 24.3 Å². The third-order valence-corrected chi connectivity index (χ3v) is 5.31. The minimum absolute atomic E-state index is 0.0621. The number of ether oxygens (including phenoxy) is 2. The van der Waals surface area contributed by atoms with E-state index in [0.29, 0.717) is 17.1 Å². The highest BCUT2D eigenvalue weighted by atomic mass is 16.5. The summed E-state index contributed by atoms with van der Waals surface area (Å²) in [5.41, 5.74) is 2.75. The maximum atomic E-state index is 12.8. The number of nitrogens with one attached hydrogen (secondary N) is 1.